The first-order chi connectivity index (χ1) is 15.3. The number of nitrogens with one attached hydrogen (secondary N) is 2. The molecule has 0 radical (unpaired) electrons. The number of alkyl carbamates (subject to hydrolysis) is 1. The molecule has 8 heteroatoms. The fourth-order valence-electron chi connectivity index (χ4n) is 3.98. The van der Waals surface area contributed by atoms with Gasteiger partial charge >= 0.3 is 6.09 Å². The largest absolute Gasteiger partial charge is 0.444 e. The molecule has 2 N–H and O–H groups in total. The van der Waals surface area contributed by atoms with Gasteiger partial charge < -0.3 is 25.0 Å². The molecule has 0 bridgehead atoms. The van der Waals surface area contributed by atoms with Gasteiger partial charge in [-0.25, -0.2) is 9.79 Å². The van der Waals surface area contributed by atoms with E-state index < -0.39 is 5.60 Å². The summed E-state index contributed by atoms with van der Waals surface area (Å²) in [5.41, 5.74) is 2.02. The van der Waals surface area contributed by atoms with Crippen LogP contribution in [0, 0.1) is 0 Å². The van der Waals surface area contributed by atoms with Crippen molar-refractivity contribution in [3.8, 4) is 0 Å². The minimum Gasteiger partial charge on any atom is -0.444 e. The van der Waals surface area contributed by atoms with Crippen molar-refractivity contribution in [3.63, 3.8) is 0 Å². The fraction of sp³-hybridized carbons (Fsp3) is 0.667. The highest BCUT2D eigenvalue weighted by atomic mass is 16.6. The minimum absolute atomic E-state index is 0.0607. The first kappa shape index (κ1) is 24.3. The molecule has 0 aromatic heterocycles. The number of benzene rings is 1. The number of hydrogen-bond donors (Lipinski definition) is 2. The van der Waals surface area contributed by atoms with E-state index in [0.29, 0.717) is 6.54 Å². The van der Waals surface area contributed by atoms with Gasteiger partial charge in [-0.1, -0.05) is 24.3 Å². The number of rotatable bonds is 6. The summed E-state index contributed by atoms with van der Waals surface area (Å²) in [4.78, 5) is 21.6. The smallest absolute Gasteiger partial charge is 0.407 e. The minimum atomic E-state index is -0.491. The maximum Gasteiger partial charge on any atom is 0.407 e. The van der Waals surface area contributed by atoms with Crippen LogP contribution >= 0.6 is 0 Å². The molecule has 1 aromatic carbocycles. The third-order valence-electron chi connectivity index (χ3n) is 5.46. The zero-order chi connectivity index (χ0) is 23.0. The Labute approximate surface area is 192 Å². The van der Waals surface area contributed by atoms with Crippen molar-refractivity contribution in [3.05, 3.63) is 35.4 Å². The monoisotopic (exact) mass is 445 g/mol. The molecule has 0 spiro atoms. The van der Waals surface area contributed by atoms with Crippen LogP contribution in [0.15, 0.2) is 29.3 Å². The Morgan fingerprint density at radius 3 is 2.69 bits per heavy atom. The fourth-order valence-corrected chi connectivity index (χ4v) is 3.98. The lowest BCUT2D eigenvalue weighted by atomic mass is 10.1. The van der Waals surface area contributed by atoms with E-state index in [2.05, 4.69) is 51.6 Å². The highest BCUT2D eigenvalue weighted by Gasteiger charge is 2.27. The molecular formula is C24H39N5O3. The van der Waals surface area contributed by atoms with Crippen LogP contribution in [0.25, 0.3) is 0 Å². The van der Waals surface area contributed by atoms with Crippen LogP contribution in [0.4, 0.5) is 4.79 Å². The summed E-state index contributed by atoms with van der Waals surface area (Å²) in [7, 11) is 0. The summed E-state index contributed by atoms with van der Waals surface area (Å²) in [5, 5.41) is 6.38. The summed E-state index contributed by atoms with van der Waals surface area (Å²) in [6.07, 6.45) is 0.516. The Balaban J connectivity index is 1.55. The predicted molar refractivity (Wildman–Crippen MR) is 127 cm³/mol. The number of guanidine groups is 1. The molecule has 2 fully saturated rings. The van der Waals surface area contributed by atoms with Gasteiger partial charge in [-0.2, -0.15) is 0 Å². The number of hydrogen-bond acceptors (Lipinski definition) is 5. The van der Waals surface area contributed by atoms with E-state index in [1.165, 1.54) is 11.1 Å². The maximum atomic E-state index is 12.1. The average Bonchev–Trinajstić information content (AvgIpc) is 3.19. The molecule has 2 saturated heterocycles. The summed E-state index contributed by atoms with van der Waals surface area (Å²) < 4.78 is 10.8. The van der Waals surface area contributed by atoms with Crippen LogP contribution in [0.3, 0.4) is 0 Å². The van der Waals surface area contributed by atoms with Crippen molar-refractivity contribution in [1.82, 2.24) is 20.4 Å². The first-order valence-corrected chi connectivity index (χ1v) is 11.7. The Bertz CT molecular complexity index is 771. The van der Waals surface area contributed by atoms with Gasteiger partial charge in [-0.3, -0.25) is 4.90 Å². The van der Waals surface area contributed by atoms with E-state index in [-0.39, 0.29) is 12.1 Å². The summed E-state index contributed by atoms with van der Waals surface area (Å²) in [6, 6.07) is 8.74. The predicted octanol–water partition coefficient (Wildman–Crippen LogP) is 2.58. The number of carbonyl (C=O) groups excluding carboxylic acids is 1. The molecule has 0 aliphatic carbocycles. The van der Waals surface area contributed by atoms with Crippen molar-refractivity contribution in [2.75, 3.05) is 45.9 Å². The SMILES string of the molecule is CCNC(=NCc1cccc(CN2CCOCC2)c1)N1CCC(NC(=O)OC(C)(C)C)C1. The van der Waals surface area contributed by atoms with E-state index in [1.807, 2.05) is 20.8 Å². The number of carbonyl (C=O) groups is 1. The van der Waals surface area contributed by atoms with Crippen LogP contribution in [-0.4, -0.2) is 79.4 Å². The first-order valence-electron chi connectivity index (χ1n) is 11.7. The van der Waals surface area contributed by atoms with Crippen molar-refractivity contribution in [1.29, 1.82) is 0 Å². The summed E-state index contributed by atoms with van der Waals surface area (Å²) in [6.45, 7) is 15.3. The van der Waals surface area contributed by atoms with Gasteiger partial charge in [0.25, 0.3) is 0 Å². The van der Waals surface area contributed by atoms with E-state index in [9.17, 15) is 4.79 Å². The van der Waals surface area contributed by atoms with Crippen LogP contribution < -0.4 is 10.6 Å². The van der Waals surface area contributed by atoms with Gasteiger partial charge in [0.15, 0.2) is 5.96 Å². The molecule has 2 aliphatic heterocycles. The second kappa shape index (κ2) is 11.5. The van der Waals surface area contributed by atoms with Crippen molar-refractivity contribution in [2.45, 2.75) is 58.8 Å². The van der Waals surface area contributed by atoms with Gasteiger partial charge in [0.2, 0.25) is 0 Å². The van der Waals surface area contributed by atoms with E-state index in [1.54, 1.807) is 0 Å². The second-order valence-electron chi connectivity index (χ2n) is 9.46. The Morgan fingerprint density at radius 1 is 1.22 bits per heavy atom. The van der Waals surface area contributed by atoms with Crippen molar-refractivity contribution < 1.29 is 14.3 Å². The molecule has 1 atom stereocenters. The molecule has 2 heterocycles. The summed E-state index contributed by atoms with van der Waals surface area (Å²) in [5.74, 6) is 0.888. The van der Waals surface area contributed by atoms with E-state index in [4.69, 9.17) is 14.5 Å². The van der Waals surface area contributed by atoms with E-state index >= 15 is 0 Å². The summed E-state index contributed by atoms with van der Waals surface area (Å²) >= 11 is 0. The standard InChI is InChI=1S/C24H39N5O3/c1-5-25-22(29-10-9-21(18-29)27-23(30)32-24(2,3)4)26-16-19-7-6-8-20(15-19)17-28-11-13-31-14-12-28/h6-8,15,21H,5,9-14,16-18H2,1-4H3,(H,25,26)(H,27,30). The Kier molecular flexibility index (Phi) is 8.75. The van der Waals surface area contributed by atoms with Crippen LogP contribution in [-0.2, 0) is 22.6 Å². The third-order valence-corrected chi connectivity index (χ3v) is 5.46. The number of morpholine rings is 1. The van der Waals surface area contributed by atoms with Crippen molar-refractivity contribution >= 4 is 12.1 Å². The Morgan fingerprint density at radius 2 is 1.97 bits per heavy atom. The van der Waals surface area contributed by atoms with Crippen molar-refractivity contribution in [2.24, 2.45) is 4.99 Å². The lowest BCUT2D eigenvalue weighted by Gasteiger charge is -2.26. The maximum absolute atomic E-state index is 12.1. The zero-order valence-corrected chi connectivity index (χ0v) is 20.0. The van der Waals surface area contributed by atoms with Gasteiger partial charge in [-0.15, -0.1) is 0 Å². The molecule has 2 aliphatic rings. The number of ether oxygens (including phenoxy) is 2. The number of likely N-dealkylation sites (tertiary alicyclic amines) is 1. The molecule has 3 rings (SSSR count). The molecule has 0 saturated carbocycles. The second-order valence-corrected chi connectivity index (χ2v) is 9.46. The van der Waals surface area contributed by atoms with Crippen LogP contribution in [0.2, 0.25) is 0 Å². The zero-order valence-electron chi connectivity index (χ0n) is 20.0. The molecule has 32 heavy (non-hydrogen) atoms. The number of nitrogens with zero attached hydrogens (tertiary/aromatic N) is 3. The number of aliphatic imine (C=N–C) groups is 1. The molecule has 8 nitrogen and oxygen atoms in total. The lowest BCUT2D eigenvalue weighted by Crippen LogP contribution is -2.44. The number of amides is 1. The van der Waals surface area contributed by atoms with Gasteiger partial charge in [-0.05, 0) is 45.2 Å². The molecule has 178 valence electrons. The highest BCUT2D eigenvalue weighted by molar-refractivity contribution is 5.80. The molecular weight excluding hydrogens is 406 g/mol. The average molecular weight is 446 g/mol. The Hall–Kier alpha value is -2.32. The normalized spacial score (nSPS) is 20.3. The van der Waals surface area contributed by atoms with Gasteiger partial charge in [0.1, 0.15) is 5.60 Å². The van der Waals surface area contributed by atoms with Gasteiger partial charge in [0.05, 0.1) is 25.8 Å². The molecule has 1 unspecified atom stereocenters. The van der Waals surface area contributed by atoms with E-state index in [0.717, 1.165) is 64.9 Å². The van der Waals surface area contributed by atoms with Gasteiger partial charge in [0, 0.05) is 39.3 Å². The van der Waals surface area contributed by atoms with Crippen LogP contribution in [0.5, 0.6) is 0 Å². The quantitative estimate of drug-likeness (QED) is 0.518. The lowest BCUT2D eigenvalue weighted by molar-refractivity contribution is 0.0342. The molecule has 1 aromatic rings. The van der Waals surface area contributed by atoms with Crippen LogP contribution in [0.1, 0.15) is 45.2 Å². The highest BCUT2D eigenvalue weighted by Crippen LogP contribution is 2.14. The molecule has 1 amide bonds. The third kappa shape index (κ3) is 7.98. The topological polar surface area (TPSA) is 78.4 Å².